The van der Waals surface area contributed by atoms with Gasteiger partial charge in [-0.2, -0.15) is 4.63 Å². The Labute approximate surface area is 207 Å². The number of nitrogens with one attached hydrogen (secondary N) is 2. The zero-order valence-electron chi connectivity index (χ0n) is 20.3. The van der Waals surface area contributed by atoms with Crippen molar-refractivity contribution in [3.63, 3.8) is 0 Å². The van der Waals surface area contributed by atoms with Crippen LogP contribution >= 0.6 is 0 Å². The normalized spacial score (nSPS) is 11.1. The van der Waals surface area contributed by atoms with Crippen LogP contribution in [0.2, 0.25) is 0 Å². The minimum Gasteiger partial charge on any atom is -0.456 e. The zero-order chi connectivity index (χ0) is 25.9. The first-order chi connectivity index (χ1) is 17.3. The molecule has 0 saturated carbocycles. The first kappa shape index (κ1) is 26.8. The summed E-state index contributed by atoms with van der Waals surface area (Å²) >= 11 is 0. The number of hydrogen-bond acceptors (Lipinski definition) is 7. The fourth-order valence-electron chi connectivity index (χ4n) is 3.72. The topological polar surface area (TPSA) is 145 Å². The SMILES string of the molecule is Cc1[nH]n2nc(-c3ccc(NC(=O)COC(=O)CCCCCCCCCC[N+](=O)[O-])cc3)nc2c1F. The summed E-state index contributed by atoms with van der Waals surface area (Å²) in [5.74, 6) is -0.963. The van der Waals surface area contributed by atoms with E-state index >= 15 is 0 Å². The number of H-pyrrole nitrogens is 1. The fraction of sp³-hybridized carbons (Fsp3) is 0.500. The molecule has 1 amide bonds. The van der Waals surface area contributed by atoms with Crippen molar-refractivity contribution in [2.24, 2.45) is 0 Å². The van der Waals surface area contributed by atoms with E-state index < -0.39 is 17.7 Å². The monoisotopic (exact) mass is 502 g/mol. The lowest BCUT2D eigenvalue weighted by molar-refractivity contribution is -0.480. The number of unbranched alkanes of at least 4 members (excludes halogenated alkanes) is 7. The maximum atomic E-state index is 14.0. The van der Waals surface area contributed by atoms with E-state index in [1.54, 1.807) is 31.2 Å². The first-order valence-electron chi connectivity index (χ1n) is 12.1. The van der Waals surface area contributed by atoms with Gasteiger partial charge in [-0.05, 0) is 44.0 Å². The molecular formula is C24H31FN6O5. The van der Waals surface area contributed by atoms with E-state index in [-0.39, 0.29) is 30.1 Å². The minimum atomic E-state index is -0.452. The molecular weight excluding hydrogens is 471 g/mol. The van der Waals surface area contributed by atoms with Crippen LogP contribution in [0.15, 0.2) is 24.3 Å². The highest BCUT2D eigenvalue weighted by molar-refractivity contribution is 5.93. The van der Waals surface area contributed by atoms with Gasteiger partial charge in [-0.3, -0.25) is 24.8 Å². The van der Waals surface area contributed by atoms with Crippen LogP contribution < -0.4 is 5.32 Å². The van der Waals surface area contributed by atoms with Crippen molar-refractivity contribution in [1.82, 2.24) is 19.8 Å². The molecule has 36 heavy (non-hydrogen) atoms. The predicted molar refractivity (Wildman–Crippen MR) is 130 cm³/mol. The van der Waals surface area contributed by atoms with Crippen LogP contribution in [0.25, 0.3) is 17.0 Å². The highest BCUT2D eigenvalue weighted by Crippen LogP contribution is 2.21. The lowest BCUT2D eigenvalue weighted by Crippen LogP contribution is -2.20. The van der Waals surface area contributed by atoms with Crippen LogP contribution in [0.1, 0.15) is 63.5 Å². The largest absolute Gasteiger partial charge is 0.456 e. The van der Waals surface area contributed by atoms with Crippen molar-refractivity contribution in [1.29, 1.82) is 0 Å². The standard InChI is InChI=1S/C24H31FN6O5/c1-17-22(25)24-27-23(29-31(24)28-17)18-11-13-19(14-12-18)26-20(32)16-36-21(33)10-8-6-4-2-3-5-7-9-15-30(34)35/h11-14,28H,2-10,15-16H2,1H3,(H,26,32). The molecule has 2 aromatic heterocycles. The van der Waals surface area contributed by atoms with Gasteiger partial charge in [-0.25, -0.2) is 9.37 Å². The van der Waals surface area contributed by atoms with Gasteiger partial charge in [0.1, 0.15) is 0 Å². The average Bonchev–Trinajstić information content (AvgIpc) is 3.37. The van der Waals surface area contributed by atoms with Gasteiger partial charge < -0.3 is 10.1 Å². The maximum absolute atomic E-state index is 14.0. The summed E-state index contributed by atoms with van der Waals surface area (Å²) < 4.78 is 20.3. The number of benzene rings is 1. The lowest BCUT2D eigenvalue weighted by Gasteiger charge is -2.07. The summed E-state index contributed by atoms with van der Waals surface area (Å²) in [6, 6.07) is 6.73. The molecule has 0 aliphatic heterocycles. The van der Waals surface area contributed by atoms with Crippen molar-refractivity contribution in [3.05, 3.63) is 45.9 Å². The highest BCUT2D eigenvalue weighted by atomic mass is 19.1. The van der Waals surface area contributed by atoms with E-state index in [1.807, 2.05) is 0 Å². The summed E-state index contributed by atoms with van der Waals surface area (Å²) in [6.07, 6.45) is 7.42. The summed E-state index contributed by atoms with van der Waals surface area (Å²) in [6.45, 7) is 1.27. The number of esters is 1. The van der Waals surface area contributed by atoms with Crippen LogP contribution in [0.4, 0.5) is 10.1 Å². The summed E-state index contributed by atoms with van der Waals surface area (Å²) in [5, 5.41) is 19.9. The van der Waals surface area contributed by atoms with Crippen molar-refractivity contribution >= 4 is 23.2 Å². The molecule has 0 bridgehead atoms. The van der Waals surface area contributed by atoms with Crippen molar-refractivity contribution < 1.29 is 23.6 Å². The molecule has 2 heterocycles. The third-order valence-corrected chi connectivity index (χ3v) is 5.67. The van der Waals surface area contributed by atoms with E-state index in [4.69, 9.17) is 4.74 Å². The van der Waals surface area contributed by atoms with Crippen LogP contribution in [0, 0.1) is 22.9 Å². The first-order valence-corrected chi connectivity index (χ1v) is 12.1. The molecule has 0 spiro atoms. The fourth-order valence-corrected chi connectivity index (χ4v) is 3.72. The Hall–Kier alpha value is -3.83. The molecule has 12 heteroatoms. The van der Waals surface area contributed by atoms with Crippen LogP contribution in [0.5, 0.6) is 0 Å². The lowest BCUT2D eigenvalue weighted by atomic mass is 10.1. The number of nitro groups is 1. The van der Waals surface area contributed by atoms with Crippen molar-refractivity contribution in [2.75, 3.05) is 18.5 Å². The second-order valence-corrected chi connectivity index (χ2v) is 8.64. The Morgan fingerprint density at radius 2 is 1.72 bits per heavy atom. The van der Waals surface area contributed by atoms with Gasteiger partial charge in [0, 0.05) is 29.0 Å². The smallest absolute Gasteiger partial charge is 0.306 e. The number of carbonyl (C=O) groups excluding carboxylic acids is 2. The van der Waals surface area contributed by atoms with Crippen LogP contribution in [-0.2, 0) is 14.3 Å². The Morgan fingerprint density at radius 3 is 2.36 bits per heavy atom. The van der Waals surface area contributed by atoms with Crippen molar-refractivity contribution in [3.8, 4) is 11.4 Å². The summed E-state index contributed by atoms with van der Waals surface area (Å²) in [4.78, 5) is 38.1. The number of aryl methyl sites for hydroxylation is 1. The molecule has 194 valence electrons. The molecule has 3 aromatic rings. The maximum Gasteiger partial charge on any atom is 0.306 e. The molecule has 0 aliphatic rings. The van der Waals surface area contributed by atoms with E-state index in [2.05, 4.69) is 20.5 Å². The number of amides is 1. The molecule has 0 saturated heterocycles. The Kier molecular flexibility index (Phi) is 9.90. The van der Waals surface area contributed by atoms with Gasteiger partial charge in [-0.15, -0.1) is 5.10 Å². The van der Waals surface area contributed by atoms with Crippen LogP contribution in [0.3, 0.4) is 0 Å². The van der Waals surface area contributed by atoms with E-state index in [9.17, 15) is 24.1 Å². The minimum absolute atomic E-state index is 0.0387. The third kappa shape index (κ3) is 8.14. The van der Waals surface area contributed by atoms with Crippen LogP contribution in [-0.4, -0.2) is 49.8 Å². The number of nitrogens with zero attached hydrogens (tertiary/aromatic N) is 4. The molecule has 0 atom stereocenters. The van der Waals surface area contributed by atoms with Gasteiger partial charge >= 0.3 is 5.97 Å². The van der Waals surface area contributed by atoms with Gasteiger partial charge in [-0.1, -0.05) is 32.1 Å². The Morgan fingerprint density at radius 1 is 1.08 bits per heavy atom. The predicted octanol–water partition coefficient (Wildman–Crippen LogP) is 4.44. The van der Waals surface area contributed by atoms with Gasteiger partial charge in [0.25, 0.3) is 5.91 Å². The molecule has 0 unspecified atom stereocenters. The van der Waals surface area contributed by atoms with E-state index in [0.717, 1.165) is 38.5 Å². The number of halogens is 1. The molecule has 0 radical (unpaired) electrons. The third-order valence-electron chi connectivity index (χ3n) is 5.67. The molecule has 3 rings (SSSR count). The van der Waals surface area contributed by atoms with Gasteiger partial charge in [0.05, 0.1) is 5.69 Å². The molecule has 0 aliphatic carbocycles. The number of carbonyl (C=O) groups is 2. The van der Waals surface area contributed by atoms with E-state index in [0.29, 0.717) is 35.6 Å². The van der Waals surface area contributed by atoms with Gasteiger partial charge in [0.2, 0.25) is 12.2 Å². The molecule has 1 aromatic carbocycles. The molecule has 0 fully saturated rings. The second kappa shape index (κ2) is 13.3. The number of aromatic amines is 1. The average molecular weight is 503 g/mol. The number of anilines is 1. The Balaban J connectivity index is 1.28. The number of rotatable bonds is 15. The van der Waals surface area contributed by atoms with Crippen molar-refractivity contribution in [2.45, 2.75) is 64.7 Å². The summed E-state index contributed by atoms with van der Waals surface area (Å²) in [7, 11) is 0. The number of hydrogen-bond donors (Lipinski definition) is 2. The van der Waals surface area contributed by atoms with E-state index in [1.165, 1.54) is 4.63 Å². The molecule has 11 nitrogen and oxygen atoms in total. The zero-order valence-corrected chi connectivity index (χ0v) is 20.3. The molecule has 2 N–H and O–H groups in total. The second-order valence-electron chi connectivity index (χ2n) is 8.64. The Bertz CT molecular complexity index is 1170. The highest BCUT2D eigenvalue weighted by Gasteiger charge is 2.15. The van der Waals surface area contributed by atoms with Gasteiger partial charge in [0.15, 0.2) is 18.2 Å². The number of fused-ring (bicyclic) bond motifs is 1. The number of aromatic nitrogens is 4. The number of ether oxygens (including phenoxy) is 1. The summed E-state index contributed by atoms with van der Waals surface area (Å²) in [5.41, 5.74) is 1.64. The quantitative estimate of drug-likeness (QED) is 0.135.